The molecule has 1 aliphatic rings. The van der Waals surface area contributed by atoms with Crippen molar-refractivity contribution >= 4 is 40.1 Å². The minimum absolute atomic E-state index is 0.169. The molecule has 3 aromatic rings. The van der Waals surface area contributed by atoms with Crippen molar-refractivity contribution in [3.05, 3.63) is 97.6 Å². The maximum Gasteiger partial charge on any atom is 0.251 e. The number of fused-ring (bicyclic) bond motifs is 1. The van der Waals surface area contributed by atoms with Gasteiger partial charge < -0.3 is 10.2 Å². The van der Waals surface area contributed by atoms with Gasteiger partial charge in [0.15, 0.2) is 0 Å². The minimum Gasteiger partial charge on any atom is -0.348 e. The standard InChI is InChI=1S/C25H19F4IN2O2/c1-25(2)22-20(30)7-14(23(33)31-11-17-18(28)9-16(27)10-19(17)29)8-21(22)32(24(25)34)12-13-3-5-15(26)6-4-13/h3-10H,11-12H2,1-2H3,(H,31,33). The van der Waals surface area contributed by atoms with E-state index in [4.69, 9.17) is 0 Å². The second-order valence-corrected chi connectivity index (χ2v) is 9.69. The van der Waals surface area contributed by atoms with Crippen LogP contribution >= 0.6 is 22.6 Å². The zero-order valence-corrected chi connectivity index (χ0v) is 20.3. The third-order valence-corrected chi connectivity index (χ3v) is 6.66. The molecule has 4 rings (SSSR count). The Labute approximate surface area is 207 Å². The van der Waals surface area contributed by atoms with E-state index in [0.29, 0.717) is 27.0 Å². The molecule has 0 bridgehead atoms. The Morgan fingerprint density at radius 1 is 0.971 bits per heavy atom. The highest BCUT2D eigenvalue weighted by atomic mass is 127. The van der Waals surface area contributed by atoms with Crippen molar-refractivity contribution in [1.82, 2.24) is 5.32 Å². The lowest BCUT2D eigenvalue weighted by Gasteiger charge is -2.20. The van der Waals surface area contributed by atoms with Crippen molar-refractivity contribution in [3.63, 3.8) is 0 Å². The van der Waals surface area contributed by atoms with Crippen LogP contribution in [-0.4, -0.2) is 11.8 Å². The highest BCUT2D eigenvalue weighted by Gasteiger charge is 2.45. The van der Waals surface area contributed by atoms with Gasteiger partial charge in [-0.15, -0.1) is 0 Å². The normalized spacial score (nSPS) is 14.3. The average Bonchev–Trinajstić information content (AvgIpc) is 2.95. The summed E-state index contributed by atoms with van der Waals surface area (Å²) in [6.45, 7) is 3.29. The number of benzene rings is 3. The molecule has 4 nitrogen and oxygen atoms in total. The number of carbonyl (C=O) groups is 2. The Hall–Kier alpha value is -2.95. The molecule has 2 amide bonds. The largest absolute Gasteiger partial charge is 0.348 e. The second kappa shape index (κ2) is 9.01. The summed E-state index contributed by atoms with van der Waals surface area (Å²) in [6, 6.07) is 10.0. The molecule has 1 aliphatic heterocycles. The van der Waals surface area contributed by atoms with Crippen molar-refractivity contribution in [2.24, 2.45) is 0 Å². The second-order valence-electron chi connectivity index (χ2n) is 8.53. The molecular formula is C25H19F4IN2O2. The van der Waals surface area contributed by atoms with Crippen LogP contribution in [0.1, 0.15) is 40.9 Å². The Bertz CT molecular complexity index is 1290. The van der Waals surface area contributed by atoms with Crippen molar-refractivity contribution in [2.75, 3.05) is 4.90 Å². The molecule has 0 aliphatic carbocycles. The summed E-state index contributed by atoms with van der Waals surface area (Å²) in [5, 5.41) is 2.45. The molecule has 0 fully saturated rings. The molecule has 0 spiro atoms. The van der Waals surface area contributed by atoms with Crippen LogP contribution < -0.4 is 10.2 Å². The van der Waals surface area contributed by atoms with Crippen LogP contribution in [0.4, 0.5) is 23.2 Å². The molecule has 0 atom stereocenters. The number of hydrogen-bond donors (Lipinski definition) is 1. The summed E-state index contributed by atoms with van der Waals surface area (Å²) in [4.78, 5) is 27.6. The molecule has 0 unspecified atom stereocenters. The zero-order chi connectivity index (χ0) is 24.8. The van der Waals surface area contributed by atoms with Gasteiger partial charge in [0.25, 0.3) is 5.91 Å². The molecule has 9 heteroatoms. The molecule has 0 radical (unpaired) electrons. The van der Waals surface area contributed by atoms with E-state index in [-0.39, 0.29) is 23.8 Å². The van der Waals surface area contributed by atoms with E-state index in [1.165, 1.54) is 12.1 Å². The molecule has 0 saturated carbocycles. The lowest BCUT2D eigenvalue weighted by molar-refractivity contribution is -0.122. The van der Waals surface area contributed by atoms with E-state index in [0.717, 1.165) is 5.56 Å². The van der Waals surface area contributed by atoms with E-state index in [1.54, 1.807) is 43.0 Å². The molecule has 0 aromatic heterocycles. The van der Waals surface area contributed by atoms with Crippen LogP contribution in [-0.2, 0) is 23.3 Å². The Kier molecular flexibility index (Phi) is 6.41. The van der Waals surface area contributed by atoms with Gasteiger partial charge in [-0.3, -0.25) is 9.59 Å². The van der Waals surface area contributed by atoms with Gasteiger partial charge in [-0.2, -0.15) is 0 Å². The number of carbonyl (C=O) groups excluding carboxylic acids is 2. The van der Waals surface area contributed by atoms with E-state index in [2.05, 4.69) is 5.32 Å². The van der Waals surface area contributed by atoms with Gasteiger partial charge in [-0.25, -0.2) is 17.6 Å². The first-order valence-corrected chi connectivity index (χ1v) is 11.4. The number of hydrogen-bond acceptors (Lipinski definition) is 2. The maximum absolute atomic E-state index is 13.9. The summed E-state index contributed by atoms with van der Waals surface area (Å²) in [5.41, 5.74) is 0.898. The fourth-order valence-electron chi connectivity index (χ4n) is 4.05. The smallest absolute Gasteiger partial charge is 0.251 e. The SMILES string of the molecule is CC1(C)C(=O)N(Cc2ccc(F)cc2)c2cc(C(=O)NCc3c(F)cc(F)cc3F)cc(I)c21. The number of amides is 2. The number of nitrogens with zero attached hydrogens (tertiary/aromatic N) is 1. The van der Waals surface area contributed by atoms with Crippen LogP contribution in [0.25, 0.3) is 0 Å². The van der Waals surface area contributed by atoms with Gasteiger partial charge in [-0.05, 0) is 66.3 Å². The minimum atomic E-state index is -1.10. The van der Waals surface area contributed by atoms with Gasteiger partial charge in [0, 0.05) is 38.9 Å². The fourth-order valence-corrected chi connectivity index (χ4v) is 5.34. The van der Waals surface area contributed by atoms with Crippen molar-refractivity contribution in [1.29, 1.82) is 0 Å². The molecule has 3 aromatic carbocycles. The van der Waals surface area contributed by atoms with Gasteiger partial charge in [0.1, 0.15) is 23.3 Å². The van der Waals surface area contributed by atoms with E-state index >= 15 is 0 Å². The van der Waals surface area contributed by atoms with Crippen LogP contribution in [0.15, 0.2) is 48.5 Å². The summed E-state index contributed by atoms with van der Waals surface area (Å²) in [7, 11) is 0. The van der Waals surface area contributed by atoms with Gasteiger partial charge >= 0.3 is 0 Å². The molecular weight excluding hydrogens is 563 g/mol. The number of nitrogens with one attached hydrogen (secondary N) is 1. The van der Waals surface area contributed by atoms with Gasteiger partial charge in [0.05, 0.1) is 17.6 Å². The third-order valence-electron chi connectivity index (χ3n) is 5.81. The Morgan fingerprint density at radius 3 is 2.21 bits per heavy atom. The van der Waals surface area contributed by atoms with E-state index in [1.807, 2.05) is 22.6 Å². The van der Waals surface area contributed by atoms with Crippen molar-refractivity contribution < 1.29 is 27.2 Å². The van der Waals surface area contributed by atoms with E-state index < -0.39 is 40.9 Å². The maximum atomic E-state index is 13.9. The number of halogens is 5. The molecule has 34 heavy (non-hydrogen) atoms. The first-order chi connectivity index (χ1) is 16.0. The Morgan fingerprint density at radius 2 is 1.59 bits per heavy atom. The highest BCUT2D eigenvalue weighted by Crippen LogP contribution is 2.45. The topological polar surface area (TPSA) is 49.4 Å². The third kappa shape index (κ3) is 4.40. The van der Waals surface area contributed by atoms with Crippen molar-refractivity contribution in [2.45, 2.75) is 32.4 Å². The Balaban J connectivity index is 1.64. The lowest BCUT2D eigenvalue weighted by Crippen LogP contribution is -2.35. The number of anilines is 1. The lowest BCUT2D eigenvalue weighted by atomic mass is 9.86. The molecule has 1 N–H and O–H groups in total. The van der Waals surface area contributed by atoms with Crippen LogP contribution in [0, 0.1) is 26.8 Å². The zero-order valence-electron chi connectivity index (χ0n) is 18.2. The monoisotopic (exact) mass is 582 g/mol. The van der Waals surface area contributed by atoms with Crippen molar-refractivity contribution in [3.8, 4) is 0 Å². The molecule has 0 saturated heterocycles. The van der Waals surface area contributed by atoms with Crippen LogP contribution in [0.2, 0.25) is 0 Å². The first kappa shape index (κ1) is 24.2. The van der Waals surface area contributed by atoms with Crippen LogP contribution in [0.3, 0.4) is 0 Å². The predicted molar refractivity (Wildman–Crippen MR) is 127 cm³/mol. The summed E-state index contributed by atoms with van der Waals surface area (Å²) in [6.07, 6.45) is 0. The summed E-state index contributed by atoms with van der Waals surface area (Å²) in [5.74, 6) is -4.41. The first-order valence-electron chi connectivity index (χ1n) is 10.3. The van der Waals surface area contributed by atoms with Gasteiger partial charge in [0.2, 0.25) is 5.91 Å². The quantitative estimate of drug-likeness (QED) is 0.315. The average molecular weight is 582 g/mol. The fraction of sp³-hybridized carbons (Fsp3) is 0.200. The summed E-state index contributed by atoms with van der Waals surface area (Å²) >= 11 is 2.05. The van der Waals surface area contributed by atoms with Crippen LogP contribution in [0.5, 0.6) is 0 Å². The molecule has 1 heterocycles. The van der Waals surface area contributed by atoms with E-state index in [9.17, 15) is 27.2 Å². The highest BCUT2D eigenvalue weighted by molar-refractivity contribution is 14.1. The number of rotatable bonds is 5. The van der Waals surface area contributed by atoms with Gasteiger partial charge in [-0.1, -0.05) is 12.1 Å². The predicted octanol–water partition coefficient (Wildman–Crippen LogP) is 5.60. The summed E-state index contributed by atoms with van der Waals surface area (Å²) < 4.78 is 55.0. The molecule has 176 valence electrons.